The zero-order valence-electron chi connectivity index (χ0n) is 22.6. The first kappa shape index (κ1) is 26.8. The molecule has 1 atom stereocenters. The van der Waals surface area contributed by atoms with Crippen molar-refractivity contribution in [2.45, 2.75) is 39.7 Å². The van der Waals surface area contributed by atoms with Crippen LogP contribution in [0.5, 0.6) is 11.5 Å². The van der Waals surface area contributed by atoms with Crippen molar-refractivity contribution in [1.82, 2.24) is 24.6 Å². The Labute approximate surface area is 231 Å². The van der Waals surface area contributed by atoms with Crippen LogP contribution in [0.25, 0.3) is 22.3 Å². The largest absolute Gasteiger partial charge is 0.457 e. The Bertz CT molecular complexity index is 1630. The number of amides is 1. The van der Waals surface area contributed by atoms with Gasteiger partial charge in [0.05, 0.1) is 11.4 Å². The molecule has 5 rings (SSSR count). The normalized spacial score (nSPS) is 16.1. The number of hydrogen-bond acceptors (Lipinski definition) is 7. The van der Waals surface area contributed by atoms with E-state index in [1.54, 1.807) is 39.9 Å². The van der Waals surface area contributed by atoms with E-state index in [0.29, 0.717) is 47.7 Å². The minimum Gasteiger partial charge on any atom is -0.457 e. The number of ether oxygens (including phenoxy) is 1. The van der Waals surface area contributed by atoms with E-state index in [9.17, 15) is 10.1 Å². The maximum Gasteiger partial charge on any atom is 0.264 e. The lowest BCUT2D eigenvalue weighted by atomic mass is 9.93. The van der Waals surface area contributed by atoms with Gasteiger partial charge < -0.3 is 15.4 Å². The molecule has 1 amide bonds. The highest BCUT2D eigenvalue weighted by molar-refractivity contribution is 5.99. The van der Waals surface area contributed by atoms with Crippen molar-refractivity contribution in [1.29, 1.82) is 5.26 Å². The van der Waals surface area contributed by atoms with E-state index in [-0.39, 0.29) is 34.3 Å². The molecule has 0 radical (unpaired) electrons. The van der Waals surface area contributed by atoms with E-state index in [2.05, 4.69) is 16.0 Å². The summed E-state index contributed by atoms with van der Waals surface area (Å²) >= 11 is 0. The van der Waals surface area contributed by atoms with Gasteiger partial charge in [0, 0.05) is 24.7 Å². The molecule has 0 unspecified atom stereocenters. The van der Waals surface area contributed by atoms with E-state index < -0.39 is 5.82 Å². The number of nitrogens with two attached hydrogens (primary N) is 1. The van der Waals surface area contributed by atoms with Gasteiger partial charge in [-0.2, -0.15) is 10.4 Å². The molecule has 9 nitrogen and oxygen atoms in total. The van der Waals surface area contributed by atoms with E-state index in [1.807, 2.05) is 39.0 Å². The van der Waals surface area contributed by atoms with Crippen LogP contribution in [0, 0.1) is 22.6 Å². The third-order valence-corrected chi connectivity index (χ3v) is 6.65. The van der Waals surface area contributed by atoms with Crippen molar-refractivity contribution in [3.63, 3.8) is 0 Å². The predicted molar refractivity (Wildman–Crippen MR) is 150 cm³/mol. The van der Waals surface area contributed by atoms with Crippen molar-refractivity contribution in [3.05, 3.63) is 72.3 Å². The first-order valence-electron chi connectivity index (χ1n) is 13.1. The van der Waals surface area contributed by atoms with Gasteiger partial charge in [0.2, 0.25) is 0 Å². The number of carbonyl (C=O) groups excluding carboxylic acids is 1. The van der Waals surface area contributed by atoms with Crippen LogP contribution in [0.2, 0.25) is 0 Å². The summed E-state index contributed by atoms with van der Waals surface area (Å²) in [7, 11) is 0. The maximum atomic E-state index is 15.5. The van der Waals surface area contributed by atoms with Crippen LogP contribution in [0.4, 0.5) is 10.2 Å². The lowest BCUT2D eigenvalue weighted by molar-refractivity contribution is -0.128. The van der Waals surface area contributed by atoms with Gasteiger partial charge in [-0.1, -0.05) is 45.0 Å². The predicted octanol–water partition coefficient (Wildman–Crippen LogP) is 5.67. The quantitative estimate of drug-likeness (QED) is 0.256. The number of fused-ring (bicyclic) bond motifs is 1. The molecule has 2 aromatic carbocycles. The number of benzene rings is 2. The Balaban J connectivity index is 1.49. The number of nitrogens with zero attached hydrogens (tertiary/aromatic N) is 6. The fourth-order valence-corrected chi connectivity index (χ4v) is 4.90. The minimum absolute atomic E-state index is 0.116. The molecule has 204 valence electrons. The Morgan fingerprint density at radius 1 is 1.18 bits per heavy atom. The number of aromatic nitrogens is 4. The molecule has 0 spiro atoms. The summed E-state index contributed by atoms with van der Waals surface area (Å²) in [5.41, 5.74) is 7.05. The Morgan fingerprint density at radius 2 is 1.95 bits per heavy atom. The number of piperidine rings is 1. The van der Waals surface area contributed by atoms with Gasteiger partial charge in [-0.15, -0.1) is 0 Å². The summed E-state index contributed by atoms with van der Waals surface area (Å²) in [5.74, 6) is 0.273. The fraction of sp³-hybridized carbons (Fsp3) is 0.300. The SMILES string of the molecule is CC(C)(C)/C=C(/C#N)C(=O)N1CCC[C@@H](n2nc(-c3ccc(Oc4ccccc4)cc3F)c3c(N)ncnc32)C1. The smallest absolute Gasteiger partial charge is 0.264 e. The van der Waals surface area contributed by atoms with Crippen LogP contribution in [-0.2, 0) is 4.79 Å². The average Bonchev–Trinajstić information content (AvgIpc) is 3.32. The summed E-state index contributed by atoms with van der Waals surface area (Å²) in [6.45, 7) is 6.68. The Hall–Kier alpha value is -4.78. The van der Waals surface area contributed by atoms with Crippen molar-refractivity contribution >= 4 is 22.8 Å². The molecular weight excluding hydrogens is 509 g/mol. The number of nitriles is 1. The summed E-state index contributed by atoms with van der Waals surface area (Å²) in [5, 5.41) is 14.9. The van der Waals surface area contributed by atoms with Gasteiger partial charge in [0.1, 0.15) is 46.8 Å². The summed E-state index contributed by atoms with van der Waals surface area (Å²) in [4.78, 5) is 23.5. The first-order valence-corrected chi connectivity index (χ1v) is 13.1. The highest BCUT2D eigenvalue weighted by Gasteiger charge is 2.31. The van der Waals surface area contributed by atoms with E-state index in [0.717, 1.165) is 6.42 Å². The molecule has 1 aliphatic heterocycles. The van der Waals surface area contributed by atoms with Crippen LogP contribution < -0.4 is 10.5 Å². The monoisotopic (exact) mass is 539 g/mol. The number of rotatable bonds is 5. The van der Waals surface area contributed by atoms with Crippen LogP contribution in [0.15, 0.2) is 66.5 Å². The molecule has 0 aliphatic carbocycles. The molecule has 1 fully saturated rings. The van der Waals surface area contributed by atoms with E-state index in [4.69, 9.17) is 15.6 Å². The number of halogens is 1. The Kier molecular flexibility index (Phi) is 7.22. The number of likely N-dealkylation sites (tertiary alicyclic amines) is 1. The van der Waals surface area contributed by atoms with Crippen molar-refractivity contribution < 1.29 is 13.9 Å². The number of carbonyl (C=O) groups is 1. The van der Waals surface area contributed by atoms with Crippen molar-refractivity contribution in [3.8, 4) is 28.8 Å². The first-order chi connectivity index (χ1) is 19.1. The summed E-state index contributed by atoms with van der Waals surface area (Å²) in [6.07, 6.45) is 4.48. The molecule has 40 heavy (non-hydrogen) atoms. The number of anilines is 1. The zero-order valence-corrected chi connectivity index (χ0v) is 22.6. The van der Waals surface area contributed by atoms with Gasteiger partial charge in [0.15, 0.2) is 5.65 Å². The lowest BCUT2D eigenvalue weighted by Crippen LogP contribution is -2.41. The standard InChI is InChI=1S/C30H30FN7O2/c1-30(2,3)15-19(16-32)29(39)37-13-7-8-20(17-37)38-28-25(27(33)34-18-35-28)26(36-38)23-12-11-22(14-24(23)31)40-21-9-5-4-6-10-21/h4-6,9-12,14-15,18,20H,7-8,13,17H2,1-3H3,(H2,33,34,35)/b19-15-/t20-/m1/s1. The van der Waals surface area contributed by atoms with Crippen molar-refractivity contribution in [2.24, 2.45) is 5.41 Å². The van der Waals surface area contributed by atoms with Crippen molar-refractivity contribution in [2.75, 3.05) is 18.8 Å². The molecule has 0 bridgehead atoms. The third kappa shape index (κ3) is 5.50. The lowest BCUT2D eigenvalue weighted by Gasteiger charge is -2.33. The van der Waals surface area contributed by atoms with Gasteiger partial charge in [0.25, 0.3) is 5.91 Å². The molecule has 10 heteroatoms. The second kappa shape index (κ2) is 10.8. The molecular formula is C30H30FN7O2. The molecule has 1 saturated heterocycles. The van der Waals surface area contributed by atoms with Crippen LogP contribution >= 0.6 is 0 Å². The van der Waals surface area contributed by atoms with Gasteiger partial charge in [-0.05, 0) is 42.5 Å². The average molecular weight is 540 g/mol. The van der Waals surface area contributed by atoms with E-state index in [1.165, 1.54) is 12.4 Å². The van der Waals surface area contributed by atoms with Crippen LogP contribution in [-0.4, -0.2) is 43.6 Å². The molecule has 4 aromatic rings. The van der Waals surface area contributed by atoms with Crippen LogP contribution in [0.3, 0.4) is 0 Å². The van der Waals surface area contributed by atoms with Gasteiger partial charge in [-0.25, -0.2) is 19.0 Å². The molecule has 2 N–H and O–H groups in total. The van der Waals surface area contributed by atoms with Gasteiger partial charge >= 0.3 is 0 Å². The summed E-state index contributed by atoms with van der Waals surface area (Å²) in [6, 6.07) is 15.5. The second-order valence-corrected chi connectivity index (χ2v) is 10.9. The number of para-hydroxylation sites is 1. The Morgan fingerprint density at radius 3 is 2.65 bits per heavy atom. The second-order valence-electron chi connectivity index (χ2n) is 10.9. The maximum absolute atomic E-state index is 15.5. The highest BCUT2D eigenvalue weighted by atomic mass is 19.1. The molecule has 1 aliphatic rings. The topological polar surface area (TPSA) is 123 Å². The zero-order chi connectivity index (χ0) is 28.4. The van der Waals surface area contributed by atoms with E-state index >= 15 is 4.39 Å². The molecule has 3 heterocycles. The third-order valence-electron chi connectivity index (χ3n) is 6.65. The number of hydrogen-bond donors (Lipinski definition) is 1. The number of nitrogen functional groups attached to an aromatic ring is 1. The van der Waals surface area contributed by atoms with Crippen LogP contribution in [0.1, 0.15) is 39.7 Å². The fourth-order valence-electron chi connectivity index (χ4n) is 4.90. The molecule has 2 aromatic heterocycles. The summed E-state index contributed by atoms with van der Waals surface area (Å²) < 4.78 is 23.0. The highest BCUT2D eigenvalue weighted by Crippen LogP contribution is 2.36. The minimum atomic E-state index is -0.533. The molecule has 0 saturated carbocycles. The van der Waals surface area contributed by atoms with Gasteiger partial charge in [-0.3, -0.25) is 4.79 Å². The number of allylic oxidation sites excluding steroid dienone is 1.